The lowest BCUT2D eigenvalue weighted by Gasteiger charge is -2.40. The van der Waals surface area contributed by atoms with Crippen LogP contribution in [0.1, 0.15) is 33.1 Å². The summed E-state index contributed by atoms with van der Waals surface area (Å²) in [5.74, 6) is 0.878. The van der Waals surface area contributed by atoms with Gasteiger partial charge in [0.25, 0.3) is 0 Å². The van der Waals surface area contributed by atoms with Gasteiger partial charge in [0.05, 0.1) is 12.6 Å². The monoisotopic (exact) mass is 253 g/mol. The maximum absolute atomic E-state index is 12.3. The Morgan fingerprint density at radius 2 is 1.88 bits per heavy atom. The number of aliphatic hydroxyl groups is 1. The average Bonchev–Trinajstić information content (AvgIpc) is 2.14. The molecule has 1 aliphatic carbocycles. The topological polar surface area (TPSA) is 23.5 Å². The standard InChI is InChI=1S/C12H22F3NO/c1-8(2)9-4-5-11(17)10(6-9)16(3)7-12(13,14)15/h8-11,17H,4-7H2,1-3H3. The molecule has 17 heavy (non-hydrogen) atoms. The van der Waals surface area contributed by atoms with Crippen LogP contribution in [-0.2, 0) is 0 Å². The summed E-state index contributed by atoms with van der Waals surface area (Å²) < 4.78 is 37.0. The highest BCUT2D eigenvalue weighted by atomic mass is 19.4. The van der Waals surface area contributed by atoms with E-state index in [1.54, 1.807) is 0 Å². The molecule has 0 amide bonds. The third-order valence-corrected chi connectivity index (χ3v) is 3.76. The van der Waals surface area contributed by atoms with Crippen molar-refractivity contribution in [2.75, 3.05) is 13.6 Å². The van der Waals surface area contributed by atoms with Gasteiger partial charge in [-0.1, -0.05) is 13.8 Å². The van der Waals surface area contributed by atoms with Crippen LogP contribution >= 0.6 is 0 Å². The molecule has 0 saturated heterocycles. The minimum absolute atomic E-state index is 0.363. The first-order valence-electron chi connectivity index (χ1n) is 6.15. The lowest BCUT2D eigenvalue weighted by molar-refractivity contribution is -0.155. The second kappa shape index (κ2) is 5.57. The molecule has 5 heteroatoms. The van der Waals surface area contributed by atoms with Crippen molar-refractivity contribution >= 4 is 0 Å². The zero-order valence-electron chi connectivity index (χ0n) is 10.7. The lowest BCUT2D eigenvalue weighted by atomic mass is 9.77. The lowest BCUT2D eigenvalue weighted by Crippen LogP contribution is -2.49. The summed E-state index contributed by atoms with van der Waals surface area (Å²) in [6.07, 6.45) is -2.65. The van der Waals surface area contributed by atoms with E-state index in [-0.39, 0.29) is 6.04 Å². The van der Waals surface area contributed by atoms with Crippen LogP contribution in [0.4, 0.5) is 13.2 Å². The molecule has 3 atom stereocenters. The molecule has 1 aliphatic rings. The second-order valence-electron chi connectivity index (χ2n) is 5.48. The van der Waals surface area contributed by atoms with E-state index >= 15 is 0 Å². The summed E-state index contributed by atoms with van der Waals surface area (Å²) in [5.41, 5.74) is 0. The van der Waals surface area contributed by atoms with E-state index in [9.17, 15) is 18.3 Å². The molecule has 0 bridgehead atoms. The molecule has 0 spiro atoms. The first-order valence-corrected chi connectivity index (χ1v) is 6.15. The Morgan fingerprint density at radius 1 is 1.29 bits per heavy atom. The van der Waals surface area contributed by atoms with E-state index in [0.717, 1.165) is 6.42 Å². The Bertz CT molecular complexity index is 242. The summed E-state index contributed by atoms with van der Waals surface area (Å²) in [7, 11) is 1.45. The summed E-state index contributed by atoms with van der Waals surface area (Å²) in [5, 5.41) is 9.83. The number of nitrogens with zero attached hydrogens (tertiary/aromatic N) is 1. The first kappa shape index (κ1) is 14.8. The van der Waals surface area contributed by atoms with Gasteiger partial charge in [-0.15, -0.1) is 0 Å². The van der Waals surface area contributed by atoms with Crippen LogP contribution in [0.5, 0.6) is 0 Å². The van der Waals surface area contributed by atoms with Gasteiger partial charge in [-0.25, -0.2) is 0 Å². The van der Waals surface area contributed by atoms with Crippen LogP contribution in [-0.4, -0.2) is 41.9 Å². The van der Waals surface area contributed by atoms with Gasteiger partial charge >= 0.3 is 6.18 Å². The smallest absolute Gasteiger partial charge is 0.391 e. The number of aliphatic hydroxyl groups excluding tert-OH is 1. The molecule has 1 N–H and O–H groups in total. The van der Waals surface area contributed by atoms with Crippen molar-refractivity contribution in [3.8, 4) is 0 Å². The van der Waals surface area contributed by atoms with E-state index < -0.39 is 18.8 Å². The van der Waals surface area contributed by atoms with Crippen LogP contribution in [0.3, 0.4) is 0 Å². The third kappa shape index (κ3) is 4.47. The average molecular weight is 253 g/mol. The van der Waals surface area contributed by atoms with Crippen LogP contribution in [0, 0.1) is 11.8 Å². The van der Waals surface area contributed by atoms with Gasteiger partial charge in [0.15, 0.2) is 0 Å². The molecule has 1 rings (SSSR count). The van der Waals surface area contributed by atoms with Crippen LogP contribution < -0.4 is 0 Å². The molecule has 0 heterocycles. The number of halogens is 3. The summed E-state index contributed by atoms with van der Waals surface area (Å²) in [6.45, 7) is 3.23. The highest BCUT2D eigenvalue weighted by molar-refractivity contribution is 4.87. The van der Waals surface area contributed by atoms with Crippen molar-refractivity contribution in [2.24, 2.45) is 11.8 Å². The third-order valence-electron chi connectivity index (χ3n) is 3.76. The van der Waals surface area contributed by atoms with Gasteiger partial charge in [0.2, 0.25) is 0 Å². The number of alkyl halides is 3. The highest BCUT2D eigenvalue weighted by Gasteiger charge is 2.37. The zero-order valence-corrected chi connectivity index (χ0v) is 10.7. The summed E-state index contributed by atoms with van der Waals surface area (Å²) >= 11 is 0. The van der Waals surface area contributed by atoms with Crippen molar-refractivity contribution in [2.45, 2.75) is 51.4 Å². The van der Waals surface area contributed by atoms with Crippen molar-refractivity contribution in [3.63, 3.8) is 0 Å². The van der Waals surface area contributed by atoms with Gasteiger partial charge < -0.3 is 5.11 Å². The molecule has 0 aromatic rings. The van der Waals surface area contributed by atoms with Gasteiger partial charge in [-0.3, -0.25) is 4.90 Å². The molecule has 2 nitrogen and oxygen atoms in total. The Morgan fingerprint density at radius 3 is 2.35 bits per heavy atom. The number of hydrogen-bond acceptors (Lipinski definition) is 2. The Kier molecular flexibility index (Phi) is 4.84. The molecule has 0 aliphatic heterocycles. The van der Waals surface area contributed by atoms with Crippen molar-refractivity contribution in [1.82, 2.24) is 4.90 Å². The van der Waals surface area contributed by atoms with Gasteiger partial charge in [-0.2, -0.15) is 13.2 Å². The fraction of sp³-hybridized carbons (Fsp3) is 1.00. The number of hydrogen-bond donors (Lipinski definition) is 1. The van der Waals surface area contributed by atoms with Crippen molar-refractivity contribution in [1.29, 1.82) is 0 Å². The van der Waals surface area contributed by atoms with E-state index in [0.29, 0.717) is 24.7 Å². The largest absolute Gasteiger partial charge is 0.401 e. The highest BCUT2D eigenvalue weighted by Crippen LogP contribution is 2.33. The van der Waals surface area contributed by atoms with E-state index in [1.807, 2.05) is 0 Å². The second-order valence-corrected chi connectivity index (χ2v) is 5.48. The number of likely N-dealkylation sites (N-methyl/N-ethyl adjacent to an activating group) is 1. The molecule has 3 unspecified atom stereocenters. The molecule has 0 aromatic carbocycles. The van der Waals surface area contributed by atoms with E-state index in [2.05, 4.69) is 13.8 Å². The molecule has 1 fully saturated rings. The molecule has 102 valence electrons. The first-order chi connectivity index (χ1) is 7.70. The molecular weight excluding hydrogens is 231 g/mol. The van der Waals surface area contributed by atoms with Crippen LogP contribution in [0.25, 0.3) is 0 Å². The van der Waals surface area contributed by atoms with Crippen molar-refractivity contribution < 1.29 is 18.3 Å². The fourth-order valence-electron chi connectivity index (χ4n) is 2.64. The minimum Gasteiger partial charge on any atom is -0.391 e. The Balaban J connectivity index is 2.60. The van der Waals surface area contributed by atoms with Crippen LogP contribution in [0.15, 0.2) is 0 Å². The predicted octanol–water partition coefficient (Wildman–Crippen LogP) is 2.67. The van der Waals surface area contributed by atoms with E-state index in [4.69, 9.17) is 0 Å². The molecule has 0 aromatic heterocycles. The van der Waals surface area contributed by atoms with Gasteiger partial charge in [0, 0.05) is 6.04 Å². The van der Waals surface area contributed by atoms with Crippen LogP contribution in [0.2, 0.25) is 0 Å². The summed E-state index contributed by atoms with van der Waals surface area (Å²) in [4.78, 5) is 1.25. The summed E-state index contributed by atoms with van der Waals surface area (Å²) in [6, 6.07) is -0.363. The van der Waals surface area contributed by atoms with E-state index in [1.165, 1.54) is 11.9 Å². The predicted molar refractivity (Wildman–Crippen MR) is 60.7 cm³/mol. The Hall–Kier alpha value is -0.290. The molecular formula is C12H22F3NO. The number of rotatable bonds is 3. The minimum atomic E-state index is -4.20. The Labute approximate surface area is 101 Å². The molecule has 1 saturated carbocycles. The van der Waals surface area contributed by atoms with Crippen molar-refractivity contribution in [3.05, 3.63) is 0 Å². The fourth-order valence-corrected chi connectivity index (χ4v) is 2.64. The maximum atomic E-state index is 12.3. The maximum Gasteiger partial charge on any atom is 0.401 e. The molecule has 0 radical (unpaired) electrons. The van der Waals surface area contributed by atoms with Gasteiger partial charge in [0.1, 0.15) is 0 Å². The SMILES string of the molecule is CC(C)C1CCC(O)C(N(C)CC(F)(F)F)C1. The zero-order chi connectivity index (χ0) is 13.2. The normalized spacial score (nSPS) is 31.2. The van der Waals surface area contributed by atoms with Gasteiger partial charge in [-0.05, 0) is 38.1 Å². The quantitative estimate of drug-likeness (QED) is 0.836.